The van der Waals surface area contributed by atoms with Crippen molar-refractivity contribution < 1.29 is 17.9 Å². The fourth-order valence-electron chi connectivity index (χ4n) is 3.92. The summed E-state index contributed by atoms with van der Waals surface area (Å²) in [6.07, 6.45) is 5.55. The lowest BCUT2D eigenvalue weighted by Crippen LogP contribution is -2.48. The smallest absolute Gasteiger partial charge is 0.223 e. The van der Waals surface area contributed by atoms with E-state index in [4.69, 9.17) is 4.74 Å². The molecule has 3 fully saturated rings. The van der Waals surface area contributed by atoms with Crippen LogP contribution in [0.1, 0.15) is 44.9 Å². The van der Waals surface area contributed by atoms with Gasteiger partial charge < -0.3 is 9.64 Å². The maximum absolute atomic E-state index is 12.4. The Balaban J connectivity index is 1.72. The van der Waals surface area contributed by atoms with Crippen LogP contribution in [0.4, 0.5) is 0 Å². The van der Waals surface area contributed by atoms with Crippen molar-refractivity contribution in [1.82, 2.24) is 9.21 Å². The molecule has 0 bridgehead atoms. The number of ether oxygens (including phenoxy) is 1. The van der Waals surface area contributed by atoms with Gasteiger partial charge in [-0.25, -0.2) is 12.7 Å². The van der Waals surface area contributed by atoms with E-state index in [0.717, 1.165) is 38.5 Å². The Morgan fingerprint density at radius 1 is 1.23 bits per heavy atom. The van der Waals surface area contributed by atoms with E-state index in [-0.39, 0.29) is 16.7 Å². The van der Waals surface area contributed by atoms with Crippen LogP contribution >= 0.6 is 0 Å². The second-order valence-corrected chi connectivity index (χ2v) is 8.97. The summed E-state index contributed by atoms with van der Waals surface area (Å²) in [6.45, 7) is 2.31. The van der Waals surface area contributed by atoms with E-state index in [0.29, 0.717) is 32.7 Å². The van der Waals surface area contributed by atoms with E-state index in [1.165, 1.54) is 0 Å². The zero-order valence-corrected chi connectivity index (χ0v) is 14.1. The minimum absolute atomic E-state index is 0.142. The highest BCUT2D eigenvalue weighted by Gasteiger charge is 2.48. The molecule has 1 atom stereocenters. The molecule has 6 nitrogen and oxygen atoms in total. The largest absolute Gasteiger partial charge is 0.383 e. The molecule has 0 N–H and O–H groups in total. The van der Waals surface area contributed by atoms with Crippen molar-refractivity contribution in [3.05, 3.63) is 0 Å². The molecule has 1 amide bonds. The Morgan fingerprint density at radius 2 is 2.00 bits per heavy atom. The predicted molar refractivity (Wildman–Crippen MR) is 82.9 cm³/mol. The van der Waals surface area contributed by atoms with Crippen LogP contribution in [0.5, 0.6) is 0 Å². The first-order chi connectivity index (χ1) is 10.5. The SMILES string of the molecule is COCCN1C(=O)CC[C@@]12CCCN(S(=O)(=O)C1CC1)CC2. The molecule has 0 radical (unpaired) electrons. The Kier molecular flexibility index (Phi) is 4.49. The number of carbonyl (C=O) groups is 1. The van der Waals surface area contributed by atoms with E-state index < -0.39 is 10.0 Å². The summed E-state index contributed by atoms with van der Waals surface area (Å²) >= 11 is 0. The Morgan fingerprint density at radius 3 is 2.68 bits per heavy atom. The van der Waals surface area contributed by atoms with Crippen LogP contribution in [0.2, 0.25) is 0 Å². The first-order valence-corrected chi connectivity index (χ1v) is 9.78. The third kappa shape index (κ3) is 2.90. The molecule has 22 heavy (non-hydrogen) atoms. The number of hydrogen-bond donors (Lipinski definition) is 0. The van der Waals surface area contributed by atoms with Crippen molar-refractivity contribution in [3.8, 4) is 0 Å². The predicted octanol–water partition coefficient (Wildman–Crippen LogP) is 0.972. The highest BCUT2D eigenvalue weighted by molar-refractivity contribution is 7.90. The number of nitrogens with zero attached hydrogens (tertiary/aromatic N) is 2. The summed E-state index contributed by atoms with van der Waals surface area (Å²) in [5, 5.41) is -0.142. The molecule has 3 rings (SSSR count). The molecule has 0 aromatic heterocycles. The van der Waals surface area contributed by atoms with E-state index in [9.17, 15) is 13.2 Å². The van der Waals surface area contributed by atoms with Crippen LogP contribution in [0.25, 0.3) is 0 Å². The third-order valence-corrected chi connectivity index (χ3v) is 7.78. The van der Waals surface area contributed by atoms with Gasteiger partial charge in [0.15, 0.2) is 0 Å². The van der Waals surface area contributed by atoms with Gasteiger partial charge in [0.25, 0.3) is 0 Å². The van der Waals surface area contributed by atoms with Gasteiger partial charge in [0.05, 0.1) is 11.9 Å². The third-order valence-electron chi connectivity index (χ3n) is 5.38. The Labute approximate surface area is 132 Å². The van der Waals surface area contributed by atoms with E-state index in [1.54, 1.807) is 11.4 Å². The van der Waals surface area contributed by atoms with Gasteiger partial charge in [0, 0.05) is 38.7 Å². The topological polar surface area (TPSA) is 66.9 Å². The van der Waals surface area contributed by atoms with Gasteiger partial charge in [-0.05, 0) is 38.5 Å². The van der Waals surface area contributed by atoms with Gasteiger partial charge in [0.2, 0.25) is 15.9 Å². The lowest BCUT2D eigenvalue weighted by atomic mass is 9.88. The summed E-state index contributed by atoms with van der Waals surface area (Å²) in [7, 11) is -1.46. The van der Waals surface area contributed by atoms with E-state index in [2.05, 4.69) is 0 Å². The van der Waals surface area contributed by atoms with Crippen LogP contribution in [0.15, 0.2) is 0 Å². The van der Waals surface area contributed by atoms with Crippen LogP contribution in [-0.4, -0.2) is 67.7 Å². The van der Waals surface area contributed by atoms with Crippen molar-refractivity contribution in [3.63, 3.8) is 0 Å². The average Bonchev–Trinajstić information content (AvgIpc) is 3.29. The first kappa shape index (κ1) is 16.2. The standard InChI is InChI=1S/C15H26N2O4S/c1-21-12-11-17-14(18)5-7-15(17)6-2-9-16(10-8-15)22(19,20)13-3-4-13/h13H,2-12H2,1H3/t15-/m1/s1. The molecule has 1 saturated carbocycles. The minimum Gasteiger partial charge on any atom is -0.383 e. The normalized spacial score (nSPS) is 31.0. The summed E-state index contributed by atoms with van der Waals surface area (Å²) in [6, 6.07) is 0. The van der Waals surface area contributed by atoms with Gasteiger partial charge in [-0.2, -0.15) is 0 Å². The van der Waals surface area contributed by atoms with E-state index >= 15 is 0 Å². The summed E-state index contributed by atoms with van der Waals surface area (Å²) in [5.74, 6) is 0.190. The van der Waals surface area contributed by atoms with Crippen LogP contribution in [0, 0.1) is 0 Å². The second-order valence-electron chi connectivity index (χ2n) is 6.76. The number of carbonyl (C=O) groups excluding carboxylic acids is 1. The summed E-state index contributed by atoms with van der Waals surface area (Å²) in [4.78, 5) is 14.2. The zero-order valence-electron chi connectivity index (χ0n) is 13.3. The van der Waals surface area contributed by atoms with E-state index in [1.807, 2.05) is 4.90 Å². The first-order valence-electron chi connectivity index (χ1n) is 8.28. The van der Waals surface area contributed by atoms with Crippen LogP contribution in [-0.2, 0) is 19.6 Å². The van der Waals surface area contributed by atoms with Gasteiger partial charge in [-0.1, -0.05) is 0 Å². The number of rotatable bonds is 5. The van der Waals surface area contributed by atoms with Crippen molar-refractivity contribution in [1.29, 1.82) is 0 Å². The molecule has 0 unspecified atom stereocenters. The molecular formula is C15H26N2O4S. The Bertz CT molecular complexity index is 532. The molecule has 2 saturated heterocycles. The molecular weight excluding hydrogens is 304 g/mol. The second kappa shape index (κ2) is 6.09. The Hall–Kier alpha value is -0.660. The number of amides is 1. The van der Waals surface area contributed by atoms with Crippen molar-refractivity contribution in [2.45, 2.75) is 55.7 Å². The highest BCUT2D eigenvalue weighted by atomic mass is 32.2. The van der Waals surface area contributed by atoms with Crippen molar-refractivity contribution >= 4 is 15.9 Å². The van der Waals surface area contributed by atoms with Gasteiger partial charge in [-0.3, -0.25) is 4.79 Å². The van der Waals surface area contributed by atoms with Crippen molar-refractivity contribution in [2.75, 3.05) is 33.4 Å². The lowest BCUT2D eigenvalue weighted by molar-refractivity contribution is -0.132. The number of hydrogen-bond acceptors (Lipinski definition) is 4. The summed E-state index contributed by atoms with van der Waals surface area (Å²) < 4.78 is 31.7. The van der Waals surface area contributed by atoms with Gasteiger partial charge >= 0.3 is 0 Å². The van der Waals surface area contributed by atoms with Gasteiger partial charge in [0.1, 0.15) is 0 Å². The molecule has 3 aliphatic rings. The quantitative estimate of drug-likeness (QED) is 0.753. The van der Waals surface area contributed by atoms with Crippen LogP contribution < -0.4 is 0 Å². The molecule has 0 aromatic rings. The monoisotopic (exact) mass is 330 g/mol. The zero-order chi connectivity index (χ0) is 15.8. The lowest BCUT2D eigenvalue weighted by Gasteiger charge is -2.38. The minimum atomic E-state index is -3.10. The number of methoxy groups -OCH3 is 1. The number of likely N-dealkylation sites (tertiary alicyclic amines) is 1. The molecule has 7 heteroatoms. The van der Waals surface area contributed by atoms with Crippen LogP contribution in [0.3, 0.4) is 0 Å². The summed E-state index contributed by atoms with van der Waals surface area (Å²) in [5.41, 5.74) is -0.149. The molecule has 2 heterocycles. The maximum Gasteiger partial charge on any atom is 0.223 e. The highest BCUT2D eigenvalue weighted by Crippen LogP contribution is 2.40. The molecule has 126 valence electrons. The molecule has 1 aliphatic carbocycles. The fourth-order valence-corrected chi connectivity index (χ4v) is 5.81. The molecule has 1 spiro atoms. The average molecular weight is 330 g/mol. The fraction of sp³-hybridized carbons (Fsp3) is 0.933. The maximum atomic E-state index is 12.4. The van der Waals surface area contributed by atoms with Crippen molar-refractivity contribution in [2.24, 2.45) is 0 Å². The number of sulfonamides is 1. The molecule has 2 aliphatic heterocycles. The van der Waals surface area contributed by atoms with Gasteiger partial charge in [-0.15, -0.1) is 0 Å². The molecule has 0 aromatic carbocycles.